The first-order valence-corrected chi connectivity index (χ1v) is 6.65. The van der Waals surface area contributed by atoms with E-state index in [-0.39, 0.29) is 29.3 Å². The van der Waals surface area contributed by atoms with Crippen LogP contribution in [0.2, 0.25) is 5.82 Å². The molecule has 1 aromatic carbocycles. The molecule has 0 unspecified atom stereocenters. The van der Waals surface area contributed by atoms with E-state index in [1.807, 2.05) is 13.0 Å². The van der Waals surface area contributed by atoms with Gasteiger partial charge in [0.05, 0.1) is 0 Å². The van der Waals surface area contributed by atoms with E-state index in [1.54, 1.807) is 6.92 Å². The number of fused-ring (bicyclic) bond motifs is 1. The average molecular weight is 276 g/mol. The van der Waals surface area contributed by atoms with Crippen molar-refractivity contribution in [2.75, 3.05) is 0 Å². The van der Waals surface area contributed by atoms with E-state index in [4.69, 9.17) is 4.65 Å². The SMILES string of the molecule is CCC(=O)C[C@H]1Cc2cc(C)cc(C(=O)O)c2OB1O. The molecule has 1 heterocycles. The van der Waals surface area contributed by atoms with Crippen LogP contribution in [0.5, 0.6) is 5.75 Å². The van der Waals surface area contributed by atoms with E-state index in [0.29, 0.717) is 12.8 Å². The highest BCUT2D eigenvalue weighted by Gasteiger charge is 2.37. The normalized spacial score (nSPS) is 17.4. The number of carbonyl (C=O) groups is 2. The van der Waals surface area contributed by atoms with E-state index in [1.165, 1.54) is 6.07 Å². The number of carboxylic acid groups (broad SMARTS) is 1. The highest BCUT2D eigenvalue weighted by atomic mass is 16.5. The molecule has 2 N–H and O–H groups in total. The third-order valence-corrected chi connectivity index (χ3v) is 3.55. The number of benzene rings is 1. The van der Waals surface area contributed by atoms with E-state index < -0.39 is 13.1 Å². The standard InChI is InChI=1S/C14H17BO5/c1-3-11(16)7-10-6-9-4-8(2)5-12(14(17)18)13(9)20-15(10)19/h4-5,10,19H,3,6-7H2,1-2H3,(H,17,18)/t10-/m1/s1. The minimum atomic E-state index is -1.14. The van der Waals surface area contributed by atoms with E-state index in [0.717, 1.165) is 11.1 Å². The summed E-state index contributed by atoms with van der Waals surface area (Å²) in [7, 11) is -1.14. The second-order valence-electron chi connectivity index (χ2n) is 5.17. The minimum absolute atomic E-state index is 0.0549. The zero-order valence-electron chi connectivity index (χ0n) is 11.5. The van der Waals surface area contributed by atoms with Gasteiger partial charge in [-0.15, -0.1) is 0 Å². The van der Waals surface area contributed by atoms with Gasteiger partial charge in [-0.2, -0.15) is 0 Å². The smallest absolute Gasteiger partial charge is 0.526 e. The molecule has 1 atom stereocenters. The number of carboxylic acids is 1. The van der Waals surface area contributed by atoms with Gasteiger partial charge in [-0.25, -0.2) is 4.79 Å². The largest absolute Gasteiger partial charge is 0.535 e. The summed E-state index contributed by atoms with van der Waals surface area (Å²) in [6.45, 7) is 3.59. The predicted octanol–water partition coefficient (Wildman–Crippen LogP) is 1.85. The minimum Gasteiger partial charge on any atom is -0.535 e. The molecule has 20 heavy (non-hydrogen) atoms. The predicted molar refractivity (Wildman–Crippen MR) is 74.1 cm³/mol. The Morgan fingerprint density at radius 2 is 2.15 bits per heavy atom. The van der Waals surface area contributed by atoms with Gasteiger partial charge < -0.3 is 14.8 Å². The molecule has 5 nitrogen and oxygen atoms in total. The summed E-state index contributed by atoms with van der Waals surface area (Å²) in [5.74, 6) is -1.12. The molecule has 0 amide bonds. The summed E-state index contributed by atoms with van der Waals surface area (Å²) in [6.07, 6.45) is 1.11. The zero-order valence-corrected chi connectivity index (χ0v) is 11.5. The molecule has 0 bridgehead atoms. The molecule has 0 saturated carbocycles. The fraction of sp³-hybridized carbons (Fsp3) is 0.429. The summed E-state index contributed by atoms with van der Waals surface area (Å²) in [4.78, 5) is 22.7. The molecule has 0 aromatic heterocycles. The summed E-state index contributed by atoms with van der Waals surface area (Å²) in [5.41, 5.74) is 1.61. The van der Waals surface area contributed by atoms with Crippen molar-refractivity contribution in [2.45, 2.75) is 38.9 Å². The second-order valence-corrected chi connectivity index (χ2v) is 5.17. The first-order chi connectivity index (χ1) is 9.42. The molecule has 0 spiro atoms. The first-order valence-electron chi connectivity index (χ1n) is 6.65. The third kappa shape index (κ3) is 2.85. The molecule has 6 heteroatoms. The second kappa shape index (κ2) is 5.67. The van der Waals surface area contributed by atoms with Crippen LogP contribution in [0.1, 0.15) is 41.3 Å². The van der Waals surface area contributed by atoms with Crippen LogP contribution in [-0.4, -0.2) is 29.0 Å². The molecule has 0 saturated heterocycles. The van der Waals surface area contributed by atoms with E-state index in [2.05, 4.69) is 0 Å². The topological polar surface area (TPSA) is 83.8 Å². The van der Waals surface area contributed by atoms with Gasteiger partial charge in [-0.3, -0.25) is 4.79 Å². The molecule has 1 aliphatic heterocycles. The Balaban J connectivity index is 2.34. The van der Waals surface area contributed by atoms with Crippen molar-refractivity contribution in [2.24, 2.45) is 0 Å². The number of aryl methyl sites for hydroxylation is 1. The van der Waals surface area contributed by atoms with Crippen LogP contribution in [0.25, 0.3) is 0 Å². The average Bonchev–Trinajstić information content (AvgIpc) is 2.39. The van der Waals surface area contributed by atoms with Crippen LogP contribution in [0.3, 0.4) is 0 Å². The molecule has 1 aliphatic rings. The molecule has 0 aliphatic carbocycles. The third-order valence-electron chi connectivity index (χ3n) is 3.55. The number of rotatable bonds is 4. The van der Waals surface area contributed by atoms with Crippen molar-refractivity contribution in [3.63, 3.8) is 0 Å². The Morgan fingerprint density at radius 3 is 2.75 bits per heavy atom. The first kappa shape index (κ1) is 14.6. The van der Waals surface area contributed by atoms with Crippen molar-refractivity contribution in [3.8, 4) is 5.75 Å². The van der Waals surface area contributed by atoms with E-state index >= 15 is 0 Å². The van der Waals surface area contributed by atoms with Gasteiger partial charge in [0, 0.05) is 18.7 Å². The van der Waals surface area contributed by atoms with Gasteiger partial charge in [0.1, 0.15) is 17.1 Å². The van der Waals surface area contributed by atoms with Crippen molar-refractivity contribution in [3.05, 3.63) is 28.8 Å². The van der Waals surface area contributed by atoms with Crippen LogP contribution in [0.15, 0.2) is 12.1 Å². The number of aromatic carboxylic acids is 1. The van der Waals surface area contributed by atoms with Crippen molar-refractivity contribution >= 4 is 18.9 Å². The van der Waals surface area contributed by atoms with Gasteiger partial charge in [0.25, 0.3) is 0 Å². The Bertz CT molecular complexity index is 555. The van der Waals surface area contributed by atoms with Crippen molar-refractivity contribution in [1.82, 2.24) is 0 Å². The summed E-state index contributed by atoms with van der Waals surface area (Å²) in [6, 6.07) is 3.36. The Kier molecular flexibility index (Phi) is 4.13. The lowest BCUT2D eigenvalue weighted by Gasteiger charge is -2.28. The maximum absolute atomic E-state index is 11.5. The van der Waals surface area contributed by atoms with Crippen LogP contribution >= 0.6 is 0 Å². The number of carbonyl (C=O) groups excluding carboxylic acids is 1. The molecule has 0 fully saturated rings. The maximum Gasteiger partial charge on any atom is 0.526 e. The maximum atomic E-state index is 11.5. The molecule has 2 rings (SSSR count). The summed E-state index contributed by atoms with van der Waals surface area (Å²) >= 11 is 0. The van der Waals surface area contributed by atoms with E-state index in [9.17, 15) is 19.7 Å². The zero-order chi connectivity index (χ0) is 14.9. The lowest BCUT2D eigenvalue weighted by atomic mass is 9.64. The monoisotopic (exact) mass is 276 g/mol. The number of Topliss-reactive ketones (excluding diaryl/α,β-unsaturated/α-hetero) is 1. The number of hydrogen-bond donors (Lipinski definition) is 2. The molecular weight excluding hydrogens is 259 g/mol. The van der Waals surface area contributed by atoms with Gasteiger partial charge in [-0.1, -0.05) is 13.0 Å². The lowest BCUT2D eigenvalue weighted by Crippen LogP contribution is -2.35. The van der Waals surface area contributed by atoms with Crippen LogP contribution in [-0.2, 0) is 11.2 Å². The van der Waals surface area contributed by atoms with Crippen LogP contribution in [0, 0.1) is 6.92 Å². The number of hydrogen-bond acceptors (Lipinski definition) is 4. The van der Waals surface area contributed by atoms with Gasteiger partial charge >= 0.3 is 13.1 Å². The Hall–Kier alpha value is -1.82. The van der Waals surface area contributed by atoms with Gasteiger partial charge in [0.2, 0.25) is 0 Å². The Labute approximate surface area is 117 Å². The Morgan fingerprint density at radius 1 is 1.45 bits per heavy atom. The molecule has 106 valence electrons. The fourth-order valence-electron chi connectivity index (χ4n) is 2.51. The molecule has 1 aromatic rings. The highest BCUT2D eigenvalue weighted by Crippen LogP contribution is 2.37. The number of ketones is 1. The molecular formula is C14H17BO5. The summed E-state index contributed by atoms with van der Waals surface area (Å²) < 4.78 is 5.36. The quantitative estimate of drug-likeness (QED) is 0.820. The van der Waals surface area contributed by atoms with Gasteiger partial charge in [0.15, 0.2) is 0 Å². The lowest BCUT2D eigenvalue weighted by molar-refractivity contribution is -0.118. The van der Waals surface area contributed by atoms with Crippen molar-refractivity contribution < 1.29 is 24.4 Å². The van der Waals surface area contributed by atoms with Crippen LogP contribution < -0.4 is 4.65 Å². The summed E-state index contributed by atoms with van der Waals surface area (Å²) in [5, 5.41) is 19.2. The fourth-order valence-corrected chi connectivity index (χ4v) is 2.51. The van der Waals surface area contributed by atoms with Gasteiger partial charge in [-0.05, 0) is 30.5 Å². The molecule has 0 radical (unpaired) electrons. The van der Waals surface area contributed by atoms with Crippen molar-refractivity contribution in [1.29, 1.82) is 0 Å². The van der Waals surface area contributed by atoms with Crippen LogP contribution in [0.4, 0.5) is 0 Å². The highest BCUT2D eigenvalue weighted by molar-refractivity contribution is 6.47.